The van der Waals surface area contributed by atoms with Gasteiger partial charge in [0.2, 0.25) is 11.5 Å². The third kappa shape index (κ3) is 10.7. The normalized spacial score (nSPS) is 37.3. The van der Waals surface area contributed by atoms with E-state index in [0.717, 1.165) is 62.1 Å². The molecule has 93 heavy (non-hydrogen) atoms. The van der Waals surface area contributed by atoms with Crippen LogP contribution in [0.5, 0.6) is 46.0 Å². The summed E-state index contributed by atoms with van der Waals surface area (Å²) < 4.78 is 81.3. The highest BCUT2D eigenvalue weighted by Gasteiger charge is 2.89. The zero-order chi connectivity index (χ0) is 66.9. The highest BCUT2D eigenvalue weighted by molar-refractivity contribution is 7.79. The predicted molar refractivity (Wildman–Crippen MR) is 341 cm³/mol. The van der Waals surface area contributed by atoms with Gasteiger partial charge in [-0.3, -0.25) is 23.8 Å². The second kappa shape index (κ2) is 24.2. The van der Waals surface area contributed by atoms with E-state index in [2.05, 4.69) is 78.2 Å². The van der Waals surface area contributed by atoms with Gasteiger partial charge in [-0.05, 0) is 175 Å². The first kappa shape index (κ1) is 67.3. The molecule has 4 aliphatic carbocycles. The van der Waals surface area contributed by atoms with Gasteiger partial charge < -0.3 is 68.5 Å². The Hall–Kier alpha value is -5.64. The lowest BCUT2D eigenvalue weighted by Crippen LogP contribution is -2.85. The number of benzene rings is 4. The Balaban J connectivity index is 0.000000167. The van der Waals surface area contributed by atoms with E-state index in [1.54, 1.807) is 55.3 Å². The lowest BCUT2D eigenvalue weighted by atomic mass is 9.49. The molecule has 8 N–H and O–H groups in total. The maximum absolute atomic E-state index is 12.9. The minimum absolute atomic E-state index is 0.000437. The van der Waals surface area contributed by atoms with Crippen molar-refractivity contribution >= 4 is 16.4 Å². The topological polar surface area (TPSA) is 297 Å². The second-order valence-electron chi connectivity index (χ2n) is 28.6. The van der Waals surface area contributed by atoms with Crippen molar-refractivity contribution in [3.63, 3.8) is 0 Å². The number of carbonyl (C=O) groups excluding carboxylic acids is 1. The Kier molecular flexibility index (Phi) is 17.5. The molecule has 10 bridgehead atoms. The number of nitrogens with zero attached hydrogens (tertiary/aromatic N) is 3. The molecular weight excluding hydrogens is 1220 g/mol. The van der Waals surface area contributed by atoms with Crippen LogP contribution in [0.25, 0.3) is 0 Å². The number of methoxy groups -OCH3 is 4. The van der Waals surface area contributed by atoms with E-state index in [-0.39, 0.29) is 37.5 Å². The van der Waals surface area contributed by atoms with Crippen molar-refractivity contribution in [2.24, 2.45) is 29.1 Å². The number of allylic oxidation sites excluding steroid dienone is 1. The van der Waals surface area contributed by atoms with Crippen LogP contribution in [0.15, 0.2) is 72.3 Å². The van der Waals surface area contributed by atoms with E-state index < -0.39 is 85.5 Å². The predicted octanol–water partition coefficient (Wildman–Crippen LogP) is 7.50. The standard InChI is InChI=1S/C38H42N2O6.C32H49NO9.H2O4S/c1-39-15-13-25-20-32(42-4)34-22-28(25)29(39)17-23-7-10-27(11-8-23)45-33-19-24(9-12-31(33)41-3)18-30-36-26(14-16-40(30)2)21-35(43-5)37(44-6)38(36)46-34;1-6-18(3)25(35)41-24-11-12-26(4)19-8-9-20-28(37)13-23(34)31(39)21(29(28,38)16-30(20,26)42-32(19,24)40)15-33-14-17(2)7-10-22(33)27(31,5)36;1-5(2,3)4/h7-12,19-22,29-30H,13-18H2,1-6H3;6,17,19-24,34,36-40H,7-16H2,1-5H3;(H2,1,2,3,4). The van der Waals surface area contributed by atoms with Gasteiger partial charge in [-0.25, -0.2) is 4.79 Å². The minimum atomic E-state index is -4.67. The summed E-state index contributed by atoms with van der Waals surface area (Å²) >= 11 is 0. The summed E-state index contributed by atoms with van der Waals surface area (Å²) in [5.41, 5.74) is -1.80. The number of hydrogen-bond donors (Lipinski definition) is 8. The first-order valence-electron chi connectivity index (χ1n) is 32.6. The van der Waals surface area contributed by atoms with Gasteiger partial charge in [0.15, 0.2) is 40.6 Å². The average Bonchev–Trinajstić information content (AvgIpc) is 1.48. The van der Waals surface area contributed by atoms with Gasteiger partial charge in [-0.1, -0.05) is 38.1 Å². The molecule has 15 rings (SSSR count). The van der Waals surface area contributed by atoms with Crippen LogP contribution in [0.3, 0.4) is 0 Å². The quantitative estimate of drug-likeness (QED) is 0.0526. The Morgan fingerprint density at radius 3 is 2.00 bits per heavy atom. The van der Waals surface area contributed by atoms with Crippen LogP contribution in [-0.4, -0.2) is 190 Å². The van der Waals surface area contributed by atoms with E-state index >= 15 is 0 Å². The van der Waals surface area contributed by atoms with Crippen LogP contribution in [0.1, 0.15) is 131 Å². The largest absolute Gasteiger partial charge is 0.493 e. The number of carbonyl (C=O) groups is 1. The first-order chi connectivity index (χ1) is 43.9. The molecule has 11 aliphatic rings. The molecule has 16 unspecified atom stereocenters. The number of aliphatic hydroxyl groups excluding tert-OH is 1. The number of esters is 1. The van der Waals surface area contributed by atoms with Crippen LogP contribution in [0.2, 0.25) is 0 Å². The number of fused-ring (bicyclic) bond motifs is 7. The number of piperidine rings is 2. The lowest BCUT2D eigenvalue weighted by molar-refractivity contribution is -0.354. The van der Waals surface area contributed by atoms with Crippen molar-refractivity contribution in [3.05, 3.63) is 106 Å². The van der Waals surface area contributed by atoms with Crippen molar-refractivity contribution < 1.29 is 90.9 Å². The number of likely N-dealkylation sites (N-methyl/N-ethyl adjacent to an activating group) is 2. The SMILES string of the molecule is CC=C(C)C(=O)OC1CCC2(C)C3CCC4C5(O)CC(O)C6(O)C(CN7CC(C)CCC7C6(C)O)C5(O)CC42OC13O.COc1ccc2cc1Oc1ccc(cc1)CC1c3cc(c(OC)cc3CCN1C)Oc1c(OC)c(OC)cc3c1C(C2)N(C)CC3.O=S(=O)(O)O. The van der Waals surface area contributed by atoms with E-state index in [9.17, 15) is 35.4 Å². The van der Waals surface area contributed by atoms with Gasteiger partial charge in [0, 0.05) is 91.5 Å². The zero-order valence-corrected chi connectivity index (χ0v) is 56.0. The van der Waals surface area contributed by atoms with E-state index in [4.69, 9.17) is 55.4 Å². The van der Waals surface area contributed by atoms with Crippen molar-refractivity contribution in [2.75, 3.05) is 68.7 Å². The van der Waals surface area contributed by atoms with E-state index in [1.807, 2.05) is 25.1 Å². The second-order valence-corrected chi connectivity index (χ2v) is 29.5. The van der Waals surface area contributed by atoms with E-state index in [0.29, 0.717) is 90.4 Å². The summed E-state index contributed by atoms with van der Waals surface area (Å²) in [5, 5.41) is 73.9. The van der Waals surface area contributed by atoms with Crippen molar-refractivity contribution in [1.82, 2.24) is 14.7 Å². The van der Waals surface area contributed by atoms with Crippen LogP contribution in [0, 0.1) is 29.1 Å². The third-order valence-electron chi connectivity index (χ3n) is 23.9. The molecule has 3 saturated heterocycles. The number of aliphatic hydroxyl groups is 6. The summed E-state index contributed by atoms with van der Waals surface area (Å²) in [4.78, 5) is 19.7. The highest BCUT2D eigenvalue weighted by atomic mass is 32.3. The van der Waals surface area contributed by atoms with Gasteiger partial charge in [0.1, 0.15) is 28.2 Å². The molecule has 0 radical (unpaired) electrons. The Labute approximate surface area is 544 Å². The third-order valence-corrected chi connectivity index (χ3v) is 23.9. The summed E-state index contributed by atoms with van der Waals surface area (Å²) in [6.45, 7) is 11.9. The molecule has 4 aromatic carbocycles. The Morgan fingerprint density at radius 1 is 0.710 bits per heavy atom. The Morgan fingerprint density at radius 2 is 1.33 bits per heavy atom. The molecule has 7 fully saturated rings. The first-order valence-corrected chi connectivity index (χ1v) is 34.0. The molecule has 4 saturated carbocycles. The summed E-state index contributed by atoms with van der Waals surface area (Å²) in [7, 11) is 6.43. The van der Waals surface area contributed by atoms with Gasteiger partial charge in [-0.2, -0.15) is 8.42 Å². The monoisotopic (exact) mass is 1310 g/mol. The van der Waals surface area contributed by atoms with Gasteiger partial charge >= 0.3 is 16.4 Å². The molecule has 22 nitrogen and oxygen atoms in total. The maximum atomic E-state index is 12.9. The molecule has 0 aromatic heterocycles. The molecule has 16 atom stereocenters. The fourth-order valence-corrected chi connectivity index (χ4v) is 19.1. The molecule has 1 spiro atoms. The van der Waals surface area contributed by atoms with Crippen molar-refractivity contribution in [3.8, 4) is 46.0 Å². The molecule has 4 aromatic rings. The van der Waals surface area contributed by atoms with Crippen molar-refractivity contribution in [1.29, 1.82) is 0 Å². The van der Waals surface area contributed by atoms with Gasteiger partial charge in [0.05, 0.1) is 40.1 Å². The van der Waals surface area contributed by atoms with Gasteiger partial charge in [0.25, 0.3) is 0 Å². The number of hydrogen-bond acceptors (Lipinski definition) is 20. The summed E-state index contributed by atoms with van der Waals surface area (Å²) in [6, 6.07) is 20.8. The highest BCUT2D eigenvalue weighted by Crippen LogP contribution is 2.78. The fourth-order valence-electron chi connectivity index (χ4n) is 19.1. The summed E-state index contributed by atoms with van der Waals surface area (Å²) in [6.07, 6.45) is 5.67. The van der Waals surface area contributed by atoms with E-state index in [1.165, 1.54) is 22.3 Å². The van der Waals surface area contributed by atoms with Crippen LogP contribution in [0.4, 0.5) is 0 Å². The average molecular weight is 1310 g/mol. The smallest absolute Gasteiger partial charge is 0.394 e. The molecule has 0 amide bonds. The molecular formula is C70H93N3O19S. The number of rotatable bonds is 6. The minimum Gasteiger partial charge on any atom is -0.493 e. The molecule has 23 heteroatoms. The van der Waals surface area contributed by atoms with Crippen LogP contribution in [-0.2, 0) is 50.4 Å². The van der Waals surface area contributed by atoms with Gasteiger partial charge in [-0.15, -0.1) is 0 Å². The van der Waals surface area contributed by atoms with Crippen LogP contribution >= 0.6 is 0 Å². The zero-order valence-electron chi connectivity index (χ0n) is 55.2. The molecule has 7 heterocycles. The molecule has 7 aliphatic heterocycles. The van der Waals surface area contributed by atoms with Crippen molar-refractivity contribution in [2.45, 2.75) is 176 Å². The maximum Gasteiger partial charge on any atom is 0.394 e. The molecule has 508 valence electrons. The Bertz CT molecular complexity index is 3670. The summed E-state index contributed by atoms with van der Waals surface area (Å²) in [5.74, 6) is 1.36. The number of ether oxygens (including phenoxy) is 8. The van der Waals surface area contributed by atoms with Crippen LogP contribution < -0.4 is 28.4 Å². The lowest BCUT2D eigenvalue weighted by Gasteiger charge is -2.68. The fraction of sp³-hybridized carbons (Fsp3) is 0.614.